The van der Waals surface area contributed by atoms with Crippen molar-refractivity contribution in [2.45, 2.75) is 26.3 Å². The summed E-state index contributed by atoms with van der Waals surface area (Å²) in [5, 5.41) is 8.88. The van der Waals surface area contributed by atoms with Crippen LogP contribution in [0.25, 0.3) is 0 Å². The third kappa shape index (κ3) is 7.66. The molecule has 1 rings (SSSR count). The standard InChI is InChI=1S/C8H15N2.C2H3FO2/c1-3-4-5-10-7-6-9(2)8-10;3-1-2(4)5/h6-8H,3-5H2,1-2H3;1H2,(H,4,5)/q+1;/p-1. The number of aryl methyl sites for hydroxylation is 2. The lowest BCUT2D eigenvalue weighted by atomic mass is 10.3. The van der Waals surface area contributed by atoms with Gasteiger partial charge < -0.3 is 9.90 Å². The molecule has 5 heteroatoms. The van der Waals surface area contributed by atoms with Gasteiger partial charge in [-0.25, -0.2) is 13.5 Å². The van der Waals surface area contributed by atoms with E-state index in [4.69, 9.17) is 9.90 Å². The van der Waals surface area contributed by atoms with Gasteiger partial charge >= 0.3 is 0 Å². The van der Waals surface area contributed by atoms with Crippen molar-refractivity contribution in [2.75, 3.05) is 6.67 Å². The first-order valence-electron chi connectivity index (χ1n) is 4.87. The minimum Gasteiger partial charge on any atom is -0.547 e. The van der Waals surface area contributed by atoms with Gasteiger partial charge in [-0.3, -0.25) is 0 Å². The summed E-state index contributed by atoms with van der Waals surface area (Å²) in [6, 6.07) is 0. The molecule has 0 N–H and O–H groups in total. The Hall–Kier alpha value is -1.39. The van der Waals surface area contributed by atoms with Crippen molar-refractivity contribution in [2.24, 2.45) is 7.05 Å². The number of carboxylic acid groups (broad SMARTS) is 1. The second-order valence-electron chi connectivity index (χ2n) is 3.18. The number of unbranched alkanes of at least 4 members (excludes halogenated alkanes) is 1. The smallest absolute Gasteiger partial charge is 0.243 e. The zero-order valence-corrected chi connectivity index (χ0v) is 9.15. The number of carbonyl (C=O) groups excluding carboxylic acids is 1. The highest BCUT2D eigenvalue weighted by atomic mass is 19.1. The number of carboxylic acids is 1. The van der Waals surface area contributed by atoms with Crippen LogP contribution in [0.4, 0.5) is 4.39 Å². The van der Waals surface area contributed by atoms with Crippen molar-refractivity contribution < 1.29 is 18.9 Å². The lowest BCUT2D eigenvalue weighted by Gasteiger charge is -1.90. The maximum atomic E-state index is 10.5. The van der Waals surface area contributed by atoms with E-state index in [0.29, 0.717) is 0 Å². The lowest BCUT2D eigenvalue weighted by Crippen LogP contribution is -2.23. The molecule has 0 radical (unpaired) electrons. The number of aliphatic carboxylic acids is 1. The second-order valence-corrected chi connectivity index (χ2v) is 3.18. The van der Waals surface area contributed by atoms with E-state index in [1.807, 2.05) is 7.05 Å². The Morgan fingerprint density at radius 3 is 2.53 bits per heavy atom. The predicted molar refractivity (Wildman–Crippen MR) is 51.5 cm³/mol. The molecule has 86 valence electrons. The molecule has 4 nitrogen and oxygen atoms in total. The third-order valence-electron chi connectivity index (χ3n) is 1.70. The first-order valence-corrected chi connectivity index (χ1v) is 4.87. The maximum Gasteiger partial charge on any atom is 0.243 e. The SMILES string of the molecule is CCCCn1cc[n+](C)c1.O=C([O-])CF. The van der Waals surface area contributed by atoms with Gasteiger partial charge in [0, 0.05) is 0 Å². The molecule has 0 saturated carbocycles. The van der Waals surface area contributed by atoms with Crippen molar-refractivity contribution in [1.82, 2.24) is 4.57 Å². The molecule has 0 aromatic carbocycles. The van der Waals surface area contributed by atoms with Crippen LogP contribution in [0.1, 0.15) is 19.8 Å². The number of imidazole rings is 1. The monoisotopic (exact) mass is 216 g/mol. The Morgan fingerprint density at radius 2 is 2.20 bits per heavy atom. The minimum absolute atomic E-state index is 1.15. The van der Waals surface area contributed by atoms with Gasteiger partial charge in [-0.05, 0) is 6.42 Å². The van der Waals surface area contributed by atoms with E-state index in [-0.39, 0.29) is 0 Å². The number of carbonyl (C=O) groups is 1. The maximum absolute atomic E-state index is 10.5. The Labute approximate surface area is 89.0 Å². The molecule has 1 aromatic rings. The first kappa shape index (κ1) is 13.6. The van der Waals surface area contributed by atoms with Crippen LogP contribution in [0.5, 0.6) is 0 Å². The van der Waals surface area contributed by atoms with E-state index in [1.54, 1.807) is 0 Å². The lowest BCUT2D eigenvalue weighted by molar-refractivity contribution is -0.671. The van der Waals surface area contributed by atoms with Gasteiger partial charge in [0.2, 0.25) is 6.33 Å². The highest BCUT2D eigenvalue weighted by Crippen LogP contribution is 1.91. The molecule has 1 heterocycles. The highest BCUT2D eigenvalue weighted by molar-refractivity contribution is 5.65. The van der Waals surface area contributed by atoms with Crippen molar-refractivity contribution in [1.29, 1.82) is 0 Å². The number of halogens is 1. The zero-order valence-electron chi connectivity index (χ0n) is 9.15. The molecule has 0 fully saturated rings. The Kier molecular flexibility index (Phi) is 7.23. The summed E-state index contributed by atoms with van der Waals surface area (Å²) < 4.78 is 14.7. The van der Waals surface area contributed by atoms with Crippen LogP contribution in [0.2, 0.25) is 0 Å². The Balaban J connectivity index is 0.000000336. The van der Waals surface area contributed by atoms with Crippen LogP contribution in [0.3, 0.4) is 0 Å². The van der Waals surface area contributed by atoms with Gasteiger partial charge in [0.15, 0.2) is 0 Å². The molecule has 15 heavy (non-hydrogen) atoms. The fourth-order valence-electron chi connectivity index (χ4n) is 0.975. The predicted octanol–water partition coefficient (Wildman–Crippen LogP) is -0.182. The van der Waals surface area contributed by atoms with Crippen molar-refractivity contribution >= 4 is 5.97 Å². The molecule has 0 aliphatic rings. The molecular weight excluding hydrogens is 199 g/mol. The number of hydrogen-bond acceptors (Lipinski definition) is 2. The summed E-state index contributed by atoms with van der Waals surface area (Å²) in [5.41, 5.74) is 0. The fraction of sp³-hybridized carbons (Fsp3) is 0.600. The van der Waals surface area contributed by atoms with Gasteiger partial charge in [-0.1, -0.05) is 13.3 Å². The topological polar surface area (TPSA) is 48.9 Å². The zero-order chi connectivity index (χ0) is 11.7. The molecule has 0 bridgehead atoms. The van der Waals surface area contributed by atoms with Gasteiger partial charge in [-0.15, -0.1) is 0 Å². The van der Waals surface area contributed by atoms with Gasteiger partial charge in [0.25, 0.3) is 0 Å². The summed E-state index contributed by atoms with van der Waals surface area (Å²) >= 11 is 0. The van der Waals surface area contributed by atoms with Crippen molar-refractivity contribution in [3.05, 3.63) is 18.7 Å². The third-order valence-corrected chi connectivity index (χ3v) is 1.70. The Bertz CT molecular complexity index is 287. The molecule has 1 aromatic heterocycles. The average molecular weight is 216 g/mol. The summed E-state index contributed by atoms with van der Waals surface area (Å²) in [5.74, 6) is -1.66. The van der Waals surface area contributed by atoms with Gasteiger partial charge in [0.05, 0.1) is 19.6 Å². The highest BCUT2D eigenvalue weighted by Gasteiger charge is 1.96. The summed E-state index contributed by atoms with van der Waals surface area (Å²) in [6.07, 6.45) is 8.82. The molecule has 0 amide bonds. The van der Waals surface area contributed by atoms with E-state index in [0.717, 1.165) is 6.54 Å². The second kappa shape index (κ2) is 7.96. The quantitative estimate of drug-likeness (QED) is 0.655. The number of rotatable bonds is 4. The van der Waals surface area contributed by atoms with E-state index in [1.165, 1.54) is 12.8 Å². The van der Waals surface area contributed by atoms with Crippen LogP contribution in [0.15, 0.2) is 18.7 Å². The van der Waals surface area contributed by atoms with E-state index in [2.05, 4.69) is 34.8 Å². The van der Waals surface area contributed by atoms with Gasteiger partial charge in [-0.2, -0.15) is 0 Å². The Morgan fingerprint density at radius 1 is 1.60 bits per heavy atom. The molecule has 0 spiro atoms. The molecule has 0 aliphatic heterocycles. The van der Waals surface area contributed by atoms with Crippen LogP contribution in [-0.2, 0) is 18.4 Å². The van der Waals surface area contributed by atoms with Crippen molar-refractivity contribution in [3.8, 4) is 0 Å². The normalized spacial score (nSPS) is 9.27. The molecule has 0 atom stereocenters. The number of alkyl halides is 1. The minimum atomic E-state index is -1.66. The van der Waals surface area contributed by atoms with Crippen LogP contribution in [-0.4, -0.2) is 17.2 Å². The van der Waals surface area contributed by atoms with Crippen molar-refractivity contribution in [3.63, 3.8) is 0 Å². The number of hydrogen-bond donors (Lipinski definition) is 0. The largest absolute Gasteiger partial charge is 0.547 e. The van der Waals surface area contributed by atoms with Crippen LogP contribution in [0, 0.1) is 0 Å². The first-order chi connectivity index (χ1) is 7.10. The summed E-state index contributed by atoms with van der Waals surface area (Å²) in [6.45, 7) is 1.97. The van der Waals surface area contributed by atoms with Gasteiger partial charge in [0.1, 0.15) is 19.1 Å². The van der Waals surface area contributed by atoms with E-state index < -0.39 is 12.6 Å². The van der Waals surface area contributed by atoms with E-state index in [9.17, 15) is 4.39 Å². The van der Waals surface area contributed by atoms with Crippen LogP contribution < -0.4 is 9.67 Å². The van der Waals surface area contributed by atoms with E-state index >= 15 is 0 Å². The molecule has 0 aliphatic carbocycles. The number of nitrogens with zero attached hydrogens (tertiary/aromatic N) is 2. The summed E-state index contributed by atoms with van der Waals surface area (Å²) in [4.78, 5) is 8.88. The summed E-state index contributed by atoms with van der Waals surface area (Å²) in [7, 11) is 2.04. The average Bonchev–Trinajstić information content (AvgIpc) is 2.62. The fourth-order valence-corrected chi connectivity index (χ4v) is 0.975. The molecule has 0 unspecified atom stereocenters. The van der Waals surface area contributed by atoms with Crippen LogP contribution >= 0.6 is 0 Å². The number of aromatic nitrogens is 2. The molecule has 0 saturated heterocycles. The molecular formula is C10H17FN2O2.